The van der Waals surface area contributed by atoms with E-state index >= 15 is 0 Å². The molecule has 1 aromatic carbocycles. The largest absolute Gasteiger partial charge is 0.352 e. The molecular formula is C21H28FN5O. The lowest BCUT2D eigenvalue weighted by molar-refractivity contribution is -0.135. The summed E-state index contributed by atoms with van der Waals surface area (Å²) in [5.74, 6) is 0.702. The fourth-order valence-electron chi connectivity index (χ4n) is 4.03. The Bertz CT molecular complexity index is 767. The number of rotatable bonds is 4. The van der Waals surface area contributed by atoms with Crippen LogP contribution in [0.3, 0.4) is 0 Å². The van der Waals surface area contributed by atoms with Gasteiger partial charge in [0, 0.05) is 44.2 Å². The van der Waals surface area contributed by atoms with Gasteiger partial charge in [0.2, 0.25) is 5.91 Å². The molecule has 7 heteroatoms. The quantitative estimate of drug-likeness (QED) is 0.617. The van der Waals surface area contributed by atoms with E-state index in [0.717, 1.165) is 38.6 Å². The minimum atomic E-state index is -0.355. The number of carbonyl (C=O) groups is 1. The Morgan fingerprint density at radius 1 is 1.32 bits per heavy atom. The van der Waals surface area contributed by atoms with Gasteiger partial charge in [-0.25, -0.2) is 4.39 Å². The number of hydrogen-bond donors (Lipinski definition) is 2. The summed E-state index contributed by atoms with van der Waals surface area (Å²) in [4.78, 5) is 18.9. The fourth-order valence-corrected chi connectivity index (χ4v) is 4.03. The molecule has 2 N–H and O–H groups in total. The number of carbonyl (C=O) groups excluding carboxylic acids is 1. The SMILES string of the molecule is CN=C(NCc1cc(C#N)ccc1F)NC1CCN(C(=O)C2CCCCC2)C1. The monoisotopic (exact) mass is 385 g/mol. The zero-order valence-corrected chi connectivity index (χ0v) is 16.4. The van der Waals surface area contributed by atoms with Gasteiger partial charge >= 0.3 is 0 Å². The van der Waals surface area contributed by atoms with E-state index in [1.54, 1.807) is 7.05 Å². The van der Waals surface area contributed by atoms with Gasteiger partial charge in [0.1, 0.15) is 5.82 Å². The van der Waals surface area contributed by atoms with E-state index in [1.807, 2.05) is 11.0 Å². The van der Waals surface area contributed by atoms with Gasteiger partial charge < -0.3 is 15.5 Å². The van der Waals surface area contributed by atoms with Gasteiger partial charge in [0.25, 0.3) is 0 Å². The summed E-state index contributed by atoms with van der Waals surface area (Å²) in [6.45, 7) is 1.68. The average Bonchev–Trinajstić information content (AvgIpc) is 3.20. The topological polar surface area (TPSA) is 80.5 Å². The van der Waals surface area contributed by atoms with Crippen molar-refractivity contribution in [3.63, 3.8) is 0 Å². The van der Waals surface area contributed by atoms with Crippen LogP contribution in [0.5, 0.6) is 0 Å². The smallest absolute Gasteiger partial charge is 0.225 e. The number of nitrogens with zero attached hydrogens (tertiary/aromatic N) is 3. The second-order valence-corrected chi connectivity index (χ2v) is 7.59. The maximum atomic E-state index is 13.9. The van der Waals surface area contributed by atoms with E-state index in [2.05, 4.69) is 15.6 Å². The first kappa shape index (κ1) is 20.1. The van der Waals surface area contributed by atoms with E-state index in [9.17, 15) is 9.18 Å². The van der Waals surface area contributed by atoms with Crippen LogP contribution < -0.4 is 10.6 Å². The number of hydrogen-bond acceptors (Lipinski definition) is 3. The normalized spacial score (nSPS) is 20.7. The minimum Gasteiger partial charge on any atom is -0.352 e. The van der Waals surface area contributed by atoms with Gasteiger partial charge in [-0.1, -0.05) is 19.3 Å². The van der Waals surface area contributed by atoms with E-state index < -0.39 is 0 Å². The molecule has 150 valence electrons. The third kappa shape index (κ3) is 5.00. The number of benzene rings is 1. The number of likely N-dealkylation sites (tertiary alicyclic amines) is 1. The maximum absolute atomic E-state index is 13.9. The Labute approximate surface area is 165 Å². The highest BCUT2D eigenvalue weighted by Gasteiger charge is 2.31. The second-order valence-electron chi connectivity index (χ2n) is 7.59. The molecule has 1 aromatic rings. The third-order valence-electron chi connectivity index (χ3n) is 5.64. The molecule has 1 atom stereocenters. The molecule has 1 aliphatic carbocycles. The van der Waals surface area contributed by atoms with Crippen molar-refractivity contribution in [3.8, 4) is 6.07 Å². The van der Waals surface area contributed by atoms with Crippen LogP contribution >= 0.6 is 0 Å². The van der Waals surface area contributed by atoms with Crippen LogP contribution in [0.4, 0.5) is 4.39 Å². The molecule has 1 heterocycles. The van der Waals surface area contributed by atoms with E-state index in [1.165, 1.54) is 24.6 Å². The zero-order valence-electron chi connectivity index (χ0n) is 16.4. The molecule has 1 saturated carbocycles. The standard InChI is InChI=1S/C21H28FN5O/c1-24-21(25-13-17-11-15(12-23)7-8-19(17)22)26-18-9-10-27(14-18)20(28)16-5-3-2-4-6-16/h7-8,11,16,18H,2-6,9-10,13-14H2,1H3,(H2,24,25,26). The summed E-state index contributed by atoms with van der Waals surface area (Å²) in [5.41, 5.74) is 0.844. The molecule has 28 heavy (non-hydrogen) atoms. The molecule has 2 aliphatic rings. The number of aliphatic imine (C=N–C) groups is 1. The number of nitrogens with one attached hydrogen (secondary N) is 2. The van der Waals surface area contributed by atoms with Crippen LogP contribution in [0, 0.1) is 23.1 Å². The number of nitriles is 1. The van der Waals surface area contributed by atoms with Crippen LogP contribution in [-0.2, 0) is 11.3 Å². The number of guanidine groups is 1. The lowest BCUT2D eigenvalue weighted by atomic mass is 9.88. The molecule has 0 bridgehead atoms. The lowest BCUT2D eigenvalue weighted by Gasteiger charge is -2.26. The zero-order chi connectivity index (χ0) is 19.9. The minimum absolute atomic E-state index is 0.133. The summed E-state index contributed by atoms with van der Waals surface area (Å²) in [6, 6.07) is 6.45. The van der Waals surface area contributed by atoms with Gasteiger partial charge in [-0.15, -0.1) is 0 Å². The lowest BCUT2D eigenvalue weighted by Crippen LogP contribution is -2.45. The Kier molecular flexibility index (Phi) is 6.85. The van der Waals surface area contributed by atoms with E-state index in [-0.39, 0.29) is 24.3 Å². The molecule has 6 nitrogen and oxygen atoms in total. The Morgan fingerprint density at radius 3 is 2.82 bits per heavy atom. The predicted molar refractivity (Wildman–Crippen MR) is 106 cm³/mol. The summed E-state index contributed by atoms with van der Waals surface area (Å²) in [7, 11) is 1.66. The van der Waals surface area contributed by atoms with Crippen molar-refractivity contribution in [2.45, 2.75) is 51.1 Å². The first-order valence-electron chi connectivity index (χ1n) is 10.0. The summed E-state index contributed by atoms with van der Waals surface area (Å²) >= 11 is 0. The van der Waals surface area contributed by atoms with Crippen LogP contribution in [-0.4, -0.2) is 42.9 Å². The average molecular weight is 385 g/mol. The highest BCUT2D eigenvalue weighted by Crippen LogP contribution is 2.26. The molecule has 2 fully saturated rings. The molecule has 1 amide bonds. The van der Waals surface area contributed by atoms with Crippen molar-refractivity contribution in [3.05, 3.63) is 35.1 Å². The van der Waals surface area contributed by atoms with Crippen molar-refractivity contribution < 1.29 is 9.18 Å². The number of amides is 1. The second kappa shape index (κ2) is 9.54. The third-order valence-corrected chi connectivity index (χ3v) is 5.64. The first-order chi connectivity index (χ1) is 13.6. The molecular weight excluding hydrogens is 357 g/mol. The summed E-state index contributed by atoms with van der Waals surface area (Å²) < 4.78 is 13.9. The van der Waals surface area contributed by atoms with E-state index in [4.69, 9.17) is 5.26 Å². The van der Waals surface area contributed by atoms with Gasteiger partial charge in [-0.3, -0.25) is 9.79 Å². The van der Waals surface area contributed by atoms with Crippen molar-refractivity contribution in [1.82, 2.24) is 15.5 Å². The van der Waals surface area contributed by atoms with Crippen LogP contribution in [0.2, 0.25) is 0 Å². The first-order valence-corrected chi connectivity index (χ1v) is 10.0. The van der Waals surface area contributed by atoms with Crippen molar-refractivity contribution in [2.24, 2.45) is 10.9 Å². The summed E-state index contributed by atoms with van der Waals surface area (Å²) in [5, 5.41) is 15.4. The number of halogens is 1. The Morgan fingerprint density at radius 2 is 2.11 bits per heavy atom. The van der Waals surface area contributed by atoms with Gasteiger partial charge in [0.15, 0.2) is 5.96 Å². The van der Waals surface area contributed by atoms with Gasteiger partial charge in [-0.2, -0.15) is 5.26 Å². The van der Waals surface area contributed by atoms with Gasteiger partial charge in [-0.05, 0) is 37.5 Å². The van der Waals surface area contributed by atoms with Crippen LogP contribution in [0.25, 0.3) is 0 Å². The highest BCUT2D eigenvalue weighted by atomic mass is 19.1. The van der Waals surface area contributed by atoms with E-state index in [0.29, 0.717) is 29.5 Å². The molecule has 3 rings (SSSR count). The molecule has 0 radical (unpaired) electrons. The summed E-state index contributed by atoms with van der Waals surface area (Å²) in [6.07, 6.45) is 6.47. The fraction of sp³-hybridized carbons (Fsp3) is 0.571. The van der Waals surface area contributed by atoms with Crippen molar-refractivity contribution in [2.75, 3.05) is 20.1 Å². The Balaban J connectivity index is 1.50. The molecule has 0 aromatic heterocycles. The highest BCUT2D eigenvalue weighted by molar-refractivity contribution is 5.81. The van der Waals surface area contributed by atoms with Crippen molar-refractivity contribution >= 4 is 11.9 Å². The maximum Gasteiger partial charge on any atom is 0.225 e. The van der Waals surface area contributed by atoms with Crippen LogP contribution in [0.1, 0.15) is 49.7 Å². The molecule has 1 unspecified atom stereocenters. The Hall–Kier alpha value is -2.62. The van der Waals surface area contributed by atoms with Crippen LogP contribution in [0.15, 0.2) is 23.2 Å². The molecule has 0 spiro atoms. The molecule has 1 aliphatic heterocycles. The molecule has 1 saturated heterocycles. The predicted octanol–water partition coefficient (Wildman–Crippen LogP) is 2.54. The van der Waals surface area contributed by atoms with Gasteiger partial charge in [0.05, 0.1) is 11.6 Å². The van der Waals surface area contributed by atoms with Crippen molar-refractivity contribution in [1.29, 1.82) is 5.26 Å².